The fourth-order valence-corrected chi connectivity index (χ4v) is 3.72. The van der Waals surface area contributed by atoms with E-state index in [-0.39, 0.29) is 5.75 Å². The van der Waals surface area contributed by atoms with Gasteiger partial charge in [-0.1, -0.05) is 6.07 Å². The second-order valence-electron chi connectivity index (χ2n) is 7.86. The maximum atomic E-state index is 9.81. The molecule has 7 nitrogen and oxygen atoms in total. The summed E-state index contributed by atoms with van der Waals surface area (Å²) in [6.45, 7) is 4.25. The van der Waals surface area contributed by atoms with Gasteiger partial charge in [0, 0.05) is 32.9 Å². The summed E-state index contributed by atoms with van der Waals surface area (Å²) in [5.41, 5.74) is 1.12. The van der Waals surface area contributed by atoms with Gasteiger partial charge in [-0.25, -0.2) is 4.98 Å². The molecule has 0 atom stereocenters. The topological polar surface area (TPSA) is 82.5 Å². The van der Waals surface area contributed by atoms with Crippen LogP contribution in [0.25, 0.3) is 0 Å². The highest BCUT2D eigenvalue weighted by Gasteiger charge is 2.21. The van der Waals surface area contributed by atoms with E-state index in [1.807, 2.05) is 44.1 Å². The van der Waals surface area contributed by atoms with Crippen molar-refractivity contribution in [1.29, 1.82) is 0 Å². The molecule has 0 radical (unpaired) electrons. The van der Waals surface area contributed by atoms with E-state index in [0.717, 1.165) is 43.3 Å². The second-order valence-corrected chi connectivity index (χ2v) is 7.86. The minimum Gasteiger partial charge on any atom is -0.504 e. The molecule has 1 aromatic carbocycles. The number of hydrogen-bond acceptors (Lipinski definition) is 7. The van der Waals surface area contributed by atoms with Crippen molar-refractivity contribution in [3.05, 3.63) is 36.0 Å². The summed E-state index contributed by atoms with van der Waals surface area (Å²) in [6.07, 6.45) is 6.46. The molecule has 3 N–H and O–H groups in total. The standard InChI is InChI=1S/C22H33N5O2/c1-4-29-20-13-17(7-10-19(20)28)15-23-14-16-5-8-18(9-6-16)25-22-24-12-11-21(26-22)27(2)3/h7,10-13,16,18,23,28H,4-6,8-9,14-15H2,1-3H3,(H,24,25,26). The van der Waals surface area contributed by atoms with E-state index in [1.54, 1.807) is 12.3 Å². The number of hydrogen-bond donors (Lipinski definition) is 3. The Morgan fingerprint density at radius 3 is 2.69 bits per heavy atom. The second kappa shape index (κ2) is 10.3. The van der Waals surface area contributed by atoms with Gasteiger partial charge in [-0.05, 0) is 68.8 Å². The van der Waals surface area contributed by atoms with Crippen molar-refractivity contribution in [1.82, 2.24) is 15.3 Å². The van der Waals surface area contributed by atoms with E-state index < -0.39 is 0 Å². The highest BCUT2D eigenvalue weighted by atomic mass is 16.5. The highest BCUT2D eigenvalue weighted by Crippen LogP contribution is 2.28. The first-order valence-electron chi connectivity index (χ1n) is 10.5. The Balaban J connectivity index is 1.40. The number of nitrogens with one attached hydrogen (secondary N) is 2. The molecule has 158 valence electrons. The van der Waals surface area contributed by atoms with E-state index in [0.29, 0.717) is 24.3 Å². The van der Waals surface area contributed by atoms with Gasteiger partial charge in [0.2, 0.25) is 5.95 Å². The lowest BCUT2D eigenvalue weighted by Gasteiger charge is -2.29. The third-order valence-electron chi connectivity index (χ3n) is 5.37. The van der Waals surface area contributed by atoms with Crippen LogP contribution in [0.5, 0.6) is 11.5 Å². The minimum absolute atomic E-state index is 0.196. The van der Waals surface area contributed by atoms with Crippen molar-refractivity contribution in [2.24, 2.45) is 5.92 Å². The van der Waals surface area contributed by atoms with Crippen LogP contribution in [0.1, 0.15) is 38.2 Å². The van der Waals surface area contributed by atoms with Crippen molar-refractivity contribution < 1.29 is 9.84 Å². The largest absolute Gasteiger partial charge is 0.504 e. The number of rotatable bonds is 9. The third-order valence-corrected chi connectivity index (χ3v) is 5.37. The van der Waals surface area contributed by atoms with E-state index in [9.17, 15) is 5.11 Å². The van der Waals surface area contributed by atoms with Crippen LogP contribution in [0.2, 0.25) is 0 Å². The zero-order valence-electron chi connectivity index (χ0n) is 17.7. The Morgan fingerprint density at radius 1 is 1.17 bits per heavy atom. The molecule has 1 aliphatic rings. The normalized spacial score (nSPS) is 19.0. The number of nitrogens with zero attached hydrogens (tertiary/aromatic N) is 3. The summed E-state index contributed by atoms with van der Waals surface area (Å²) in [5.74, 6) is 3.07. The molecule has 0 saturated heterocycles. The molecule has 1 fully saturated rings. The first-order chi connectivity index (χ1) is 14.0. The van der Waals surface area contributed by atoms with E-state index in [4.69, 9.17) is 4.74 Å². The van der Waals surface area contributed by atoms with E-state index in [2.05, 4.69) is 20.6 Å². The predicted octanol–water partition coefficient (Wildman–Crippen LogP) is 3.41. The molecule has 29 heavy (non-hydrogen) atoms. The molecule has 3 rings (SSSR count). The molecule has 0 unspecified atom stereocenters. The van der Waals surface area contributed by atoms with Crippen LogP contribution < -0.4 is 20.3 Å². The van der Waals surface area contributed by atoms with Crippen molar-refractivity contribution in [2.75, 3.05) is 37.5 Å². The fourth-order valence-electron chi connectivity index (χ4n) is 3.72. The molecule has 2 aromatic rings. The van der Waals surface area contributed by atoms with Crippen LogP contribution in [0.3, 0.4) is 0 Å². The lowest BCUT2D eigenvalue weighted by Crippen LogP contribution is -2.31. The van der Waals surface area contributed by atoms with Crippen molar-refractivity contribution in [2.45, 2.75) is 45.2 Å². The molecule has 0 aliphatic heterocycles. The summed E-state index contributed by atoms with van der Waals surface area (Å²) in [6, 6.07) is 7.91. The number of phenolic OH excluding ortho intramolecular Hbond substituents is 1. The maximum Gasteiger partial charge on any atom is 0.224 e. The molecule has 1 aromatic heterocycles. The molecule has 0 spiro atoms. The van der Waals surface area contributed by atoms with Crippen LogP contribution in [-0.2, 0) is 6.54 Å². The quantitative estimate of drug-likeness (QED) is 0.596. The molecular weight excluding hydrogens is 366 g/mol. The Hall–Kier alpha value is -2.54. The molecular formula is C22H33N5O2. The van der Waals surface area contributed by atoms with E-state index in [1.165, 1.54) is 12.8 Å². The summed E-state index contributed by atoms with van der Waals surface area (Å²) >= 11 is 0. The SMILES string of the molecule is CCOc1cc(CNCC2CCC(Nc3nccc(N(C)C)n3)CC2)ccc1O. The number of phenols is 1. The van der Waals surface area contributed by atoms with Gasteiger partial charge in [0.25, 0.3) is 0 Å². The van der Waals surface area contributed by atoms with Gasteiger partial charge in [0.15, 0.2) is 11.5 Å². The Morgan fingerprint density at radius 2 is 1.97 bits per heavy atom. The number of benzene rings is 1. The monoisotopic (exact) mass is 399 g/mol. The molecule has 0 amide bonds. The maximum absolute atomic E-state index is 9.81. The van der Waals surface area contributed by atoms with Crippen LogP contribution in [0.15, 0.2) is 30.5 Å². The van der Waals surface area contributed by atoms with Crippen molar-refractivity contribution in [3.8, 4) is 11.5 Å². The van der Waals surface area contributed by atoms with E-state index >= 15 is 0 Å². The summed E-state index contributed by atoms with van der Waals surface area (Å²) in [4.78, 5) is 10.9. The highest BCUT2D eigenvalue weighted by molar-refractivity contribution is 5.42. The van der Waals surface area contributed by atoms with Gasteiger partial charge < -0.3 is 25.4 Å². The van der Waals surface area contributed by atoms with Crippen LogP contribution in [0.4, 0.5) is 11.8 Å². The van der Waals surface area contributed by atoms with Crippen LogP contribution in [0, 0.1) is 5.92 Å². The molecule has 1 aliphatic carbocycles. The zero-order chi connectivity index (χ0) is 20.6. The smallest absolute Gasteiger partial charge is 0.224 e. The fraction of sp³-hybridized carbons (Fsp3) is 0.545. The lowest BCUT2D eigenvalue weighted by atomic mass is 9.86. The van der Waals surface area contributed by atoms with Gasteiger partial charge in [0.05, 0.1) is 6.61 Å². The molecule has 7 heteroatoms. The number of aromatic nitrogens is 2. The number of aromatic hydroxyl groups is 1. The average molecular weight is 400 g/mol. The first kappa shape index (κ1) is 21.2. The lowest BCUT2D eigenvalue weighted by molar-refractivity contribution is 0.316. The Labute approximate surface area is 173 Å². The van der Waals surface area contributed by atoms with Gasteiger partial charge >= 0.3 is 0 Å². The van der Waals surface area contributed by atoms with Crippen LogP contribution in [-0.4, -0.2) is 48.4 Å². The van der Waals surface area contributed by atoms with Gasteiger partial charge in [-0.3, -0.25) is 0 Å². The summed E-state index contributed by atoms with van der Waals surface area (Å²) < 4.78 is 5.46. The predicted molar refractivity (Wildman–Crippen MR) is 117 cm³/mol. The first-order valence-corrected chi connectivity index (χ1v) is 10.5. The molecule has 1 saturated carbocycles. The van der Waals surface area contributed by atoms with Crippen molar-refractivity contribution in [3.63, 3.8) is 0 Å². The molecule has 1 heterocycles. The number of anilines is 2. The average Bonchev–Trinajstić information content (AvgIpc) is 2.72. The Kier molecular flexibility index (Phi) is 7.52. The van der Waals surface area contributed by atoms with Crippen LogP contribution >= 0.6 is 0 Å². The minimum atomic E-state index is 0.196. The van der Waals surface area contributed by atoms with Gasteiger partial charge in [0.1, 0.15) is 5.82 Å². The summed E-state index contributed by atoms with van der Waals surface area (Å²) in [5, 5.41) is 16.9. The summed E-state index contributed by atoms with van der Waals surface area (Å²) in [7, 11) is 3.97. The van der Waals surface area contributed by atoms with Crippen molar-refractivity contribution >= 4 is 11.8 Å². The molecule has 0 bridgehead atoms. The van der Waals surface area contributed by atoms with Gasteiger partial charge in [-0.15, -0.1) is 0 Å². The van der Waals surface area contributed by atoms with Gasteiger partial charge in [-0.2, -0.15) is 4.98 Å². The Bertz CT molecular complexity index is 776. The zero-order valence-corrected chi connectivity index (χ0v) is 17.7. The number of ether oxygens (including phenoxy) is 1. The third kappa shape index (κ3) is 6.22.